The molecule has 4 nitrogen and oxygen atoms in total. The van der Waals surface area contributed by atoms with Crippen molar-refractivity contribution in [2.75, 3.05) is 11.9 Å². The fourth-order valence-electron chi connectivity index (χ4n) is 2.65. The molecule has 118 valence electrons. The summed E-state index contributed by atoms with van der Waals surface area (Å²) in [7, 11) is 0. The molecule has 3 rings (SSSR count). The predicted octanol–water partition coefficient (Wildman–Crippen LogP) is 3.99. The van der Waals surface area contributed by atoms with Crippen molar-refractivity contribution in [2.24, 2.45) is 0 Å². The predicted molar refractivity (Wildman–Crippen MR) is 92.9 cm³/mol. The van der Waals surface area contributed by atoms with E-state index in [-0.39, 0.29) is 12.5 Å². The Hall–Kier alpha value is -2.75. The van der Waals surface area contributed by atoms with Gasteiger partial charge in [0.1, 0.15) is 12.3 Å². The number of carbonyl (C=O) groups excluding carboxylic acids is 1. The van der Waals surface area contributed by atoms with Gasteiger partial charge < -0.3 is 14.6 Å². The number of anilines is 1. The highest BCUT2D eigenvalue weighted by Gasteiger charge is 2.07. The minimum absolute atomic E-state index is 0.0398. The van der Waals surface area contributed by atoms with Crippen LogP contribution in [0.1, 0.15) is 12.5 Å². The van der Waals surface area contributed by atoms with Crippen molar-refractivity contribution in [2.45, 2.75) is 20.4 Å². The Labute approximate surface area is 135 Å². The third-order valence-electron chi connectivity index (χ3n) is 3.67. The van der Waals surface area contributed by atoms with Crippen LogP contribution < -0.4 is 10.1 Å². The second-order valence-corrected chi connectivity index (χ2v) is 5.51. The lowest BCUT2D eigenvalue weighted by molar-refractivity contribution is -0.116. The molecule has 4 heteroatoms. The molecule has 2 aromatic carbocycles. The van der Waals surface area contributed by atoms with Crippen LogP contribution in [0.5, 0.6) is 5.75 Å². The van der Waals surface area contributed by atoms with E-state index in [1.807, 2.05) is 73.1 Å². The second kappa shape index (κ2) is 6.57. The Bertz CT molecular complexity index is 836. The smallest absolute Gasteiger partial charge is 0.244 e. The SMILES string of the molecule is CCOc1ccc2c(ccn2CC(=O)Nc2cccc(C)c2)c1. The maximum absolute atomic E-state index is 12.2. The van der Waals surface area contributed by atoms with Crippen LogP contribution in [-0.2, 0) is 11.3 Å². The molecule has 1 heterocycles. The Morgan fingerprint density at radius 1 is 1.17 bits per heavy atom. The van der Waals surface area contributed by atoms with E-state index >= 15 is 0 Å². The summed E-state index contributed by atoms with van der Waals surface area (Å²) in [4.78, 5) is 12.2. The normalized spacial score (nSPS) is 10.7. The van der Waals surface area contributed by atoms with E-state index in [4.69, 9.17) is 4.74 Å². The van der Waals surface area contributed by atoms with Crippen molar-refractivity contribution >= 4 is 22.5 Å². The van der Waals surface area contributed by atoms with Gasteiger partial charge in [-0.25, -0.2) is 0 Å². The van der Waals surface area contributed by atoms with Crippen LogP contribution in [0.4, 0.5) is 5.69 Å². The number of nitrogens with zero attached hydrogens (tertiary/aromatic N) is 1. The molecule has 0 atom stereocenters. The lowest BCUT2D eigenvalue weighted by Gasteiger charge is -2.08. The average molecular weight is 308 g/mol. The molecule has 0 fully saturated rings. The first-order chi connectivity index (χ1) is 11.2. The average Bonchev–Trinajstić information content (AvgIpc) is 2.90. The number of aromatic nitrogens is 1. The van der Waals surface area contributed by atoms with E-state index in [2.05, 4.69) is 5.32 Å². The van der Waals surface area contributed by atoms with Gasteiger partial charge in [0.05, 0.1) is 6.61 Å². The summed E-state index contributed by atoms with van der Waals surface area (Å²) in [5.41, 5.74) is 2.97. The van der Waals surface area contributed by atoms with Crippen LogP contribution in [-0.4, -0.2) is 17.1 Å². The van der Waals surface area contributed by atoms with Crippen molar-refractivity contribution in [3.8, 4) is 5.75 Å². The highest BCUT2D eigenvalue weighted by Crippen LogP contribution is 2.22. The number of benzene rings is 2. The van der Waals surface area contributed by atoms with E-state index in [0.717, 1.165) is 27.9 Å². The summed E-state index contributed by atoms with van der Waals surface area (Å²) >= 11 is 0. The molecule has 0 aliphatic heterocycles. The van der Waals surface area contributed by atoms with Crippen LogP contribution in [0.15, 0.2) is 54.7 Å². The van der Waals surface area contributed by atoms with E-state index in [9.17, 15) is 4.79 Å². The highest BCUT2D eigenvalue weighted by atomic mass is 16.5. The van der Waals surface area contributed by atoms with Crippen molar-refractivity contribution in [3.05, 3.63) is 60.3 Å². The molecule has 0 spiro atoms. The molecule has 1 N–H and O–H groups in total. The maximum Gasteiger partial charge on any atom is 0.244 e. The van der Waals surface area contributed by atoms with Gasteiger partial charge >= 0.3 is 0 Å². The first-order valence-electron chi connectivity index (χ1n) is 7.74. The number of amides is 1. The van der Waals surface area contributed by atoms with Crippen LogP contribution in [0.25, 0.3) is 10.9 Å². The maximum atomic E-state index is 12.2. The van der Waals surface area contributed by atoms with Crippen LogP contribution >= 0.6 is 0 Å². The minimum atomic E-state index is -0.0398. The molecule has 3 aromatic rings. The standard InChI is InChI=1S/C19H20N2O2/c1-3-23-17-7-8-18-15(12-17)9-10-21(18)13-19(22)20-16-6-4-5-14(2)11-16/h4-12H,3,13H2,1-2H3,(H,20,22). The van der Waals surface area contributed by atoms with Gasteiger partial charge in [0.2, 0.25) is 5.91 Å². The molecule has 1 aromatic heterocycles. The van der Waals surface area contributed by atoms with Crippen molar-refractivity contribution in [1.29, 1.82) is 0 Å². The second-order valence-electron chi connectivity index (χ2n) is 5.51. The van der Waals surface area contributed by atoms with E-state index < -0.39 is 0 Å². The molecule has 0 bridgehead atoms. The Morgan fingerprint density at radius 2 is 2.04 bits per heavy atom. The first kappa shape index (κ1) is 15.2. The highest BCUT2D eigenvalue weighted by molar-refractivity contribution is 5.92. The summed E-state index contributed by atoms with van der Waals surface area (Å²) in [6.45, 7) is 4.90. The molecule has 0 saturated heterocycles. The van der Waals surface area contributed by atoms with E-state index in [0.29, 0.717) is 6.61 Å². The zero-order valence-corrected chi connectivity index (χ0v) is 13.4. The molecular formula is C19H20N2O2. The number of hydrogen-bond donors (Lipinski definition) is 1. The van der Waals surface area contributed by atoms with Crippen LogP contribution in [0, 0.1) is 6.92 Å². The monoisotopic (exact) mass is 308 g/mol. The molecule has 0 radical (unpaired) electrons. The molecule has 0 aliphatic carbocycles. The van der Waals surface area contributed by atoms with Gasteiger partial charge in [0, 0.05) is 22.8 Å². The number of ether oxygens (including phenoxy) is 1. The zero-order chi connectivity index (χ0) is 16.2. The van der Waals surface area contributed by atoms with Crippen LogP contribution in [0.3, 0.4) is 0 Å². The first-order valence-corrected chi connectivity index (χ1v) is 7.74. The fraction of sp³-hybridized carbons (Fsp3) is 0.211. The van der Waals surface area contributed by atoms with Crippen molar-refractivity contribution in [3.63, 3.8) is 0 Å². The van der Waals surface area contributed by atoms with Gasteiger partial charge in [-0.1, -0.05) is 12.1 Å². The van der Waals surface area contributed by atoms with Gasteiger partial charge in [-0.05, 0) is 55.8 Å². The lowest BCUT2D eigenvalue weighted by Crippen LogP contribution is -2.18. The third-order valence-corrected chi connectivity index (χ3v) is 3.67. The number of aryl methyl sites for hydroxylation is 1. The van der Waals surface area contributed by atoms with Crippen LogP contribution in [0.2, 0.25) is 0 Å². The minimum Gasteiger partial charge on any atom is -0.494 e. The largest absolute Gasteiger partial charge is 0.494 e. The molecule has 1 amide bonds. The zero-order valence-electron chi connectivity index (χ0n) is 13.4. The number of nitrogens with one attached hydrogen (secondary N) is 1. The Balaban J connectivity index is 1.74. The van der Waals surface area contributed by atoms with Gasteiger partial charge in [-0.15, -0.1) is 0 Å². The summed E-state index contributed by atoms with van der Waals surface area (Å²) in [6.07, 6.45) is 1.93. The Morgan fingerprint density at radius 3 is 2.83 bits per heavy atom. The number of carbonyl (C=O) groups is 1. The lowest BCUT2D eigenvalue weighted by atomic mass is 10.2. The summed E-state index contributed by atoms with van der Waals surface area (Å²) in [6, 6.07) is 15.7. The topological polar surface area (TPSA) is 43.3 Å². The van der Waals surface area contributed by atoms with Gasteiger partial charge in [-0.2, -0.15) is 0 Å². The van der Waals surface area contributed by atoms with E-state index in [1.54, 1.807) is 0 Å². The number of hydrogen-bond acceptors (Lipinski definition) is 2. The Kier molecular flexibility index (Phi) is 4.33. The molecule has 23 heavy (non-hydrogen) atoms. The number of fused-ring (bicyclic) bond motifs is 1. The van der Waals surface area contributed by atoms with Gasteiger partial charge in [0.15, 0.2) is 0 Å². The van der Waals surface area contributed by atoms with Crippen molar-refractivity contribution in [1.82, 2.24) is 4.57 Å². The third kappa shape index (κ3) is 3.54. The van der Waals surface area contributed by atoms with Crippen molar-refractivity contribution < 1.29 is 9.53 Å². The quantitative estimate of drug-likeness (QED) is 0.774. The molecule has 0 unspecified atom stereocenters. The van der Waals surface area contributed by atoms with Gasteiger partial charge in [-0.3, -0.25) is 4.79 Å². The number of rotatable bonds is 5. The molecular weight excluding hydrogens is 288 g/mol. The molecule has 0 aliphatic rings. The summed E-state index contributed by atoms with van der Waals surface area (Å²) in [5.74, 6) is 0.809. The fourth-order valence-corrected chi connectivity index (χ4v) is 2.65. The summed E-state index contributed by atoms with van der Waals surface area (Å²) < 4.78 is 7.45. The summed E-state index contributed by atoms with van der Waals surface area (Å²) in [5, 5.41) is 4.00. The molecule has 0 saturated carbocycles. The van der Waals surface area contributed by atoms with Gasteiger partial charge in [0.25, 0.3) is 0 Å². The van der Waals surface area contributed by atoms with E-state index in [1.165, 1.54) is 0 Å².